The van der Waals surface area contributed by atoms with Crippen LogP contribution in [0.15, 0.2) is 36.4 Å². The van der Waals surface area contributed by atoms with Gasteiger partial charge in [-0.3, -0.25) is 4.79 Å². The first-order valence-corrected chi connectivity index (χ1v) is 8.80. The van der Waals surface area contributed by atoms with E-state index in [1.54, 1.807) is 20.3 Å². The van der Waals surface area contributed by atoms with E-state index in [1.165, 1.54) is 0 Å². The monoisotopic (exact) mass is 357 g/mol. The number of methoxy groups -OCH3 is 2. The number of carbonyl (C=O) groups excluding carboxylic acids is 1. The first-order chi connectivity index (χ1) is 12.5. The lowest BCUT2D eigenvalue weighted by molar-refractivity contribution is 0.0935. The second-order valence-corrected chi connectivity index (χ2v) is 5.96. The second-order valence-electron chi connectivity index (χ2n) is 5.96. The molecule has 0 aliphatic carbocycles. The van der Waals surface area contributed by atoms with Crippen molar-refractivity contribution >= 4 is 5.91 Å². The van der Waals surface area contributed by atoms with Gasteiger partial charge in [0.05, 0.1) is 26.9 Å². The summed E-state index contributed by atoms with van der Waals surface area (Å²) < 4.78 is 16.2. The van der Waals surface area contributed by atoms with Gasteiger partial charge in [-0.1, -0.05) is 13.0 Å². The molecule has 0 aromatic heterocycles. The largest absolute Gasteiger partial charge is 0.494 e. The van der Waals surface area contributed by atoms with Gasteiger partial charge in [-0.25, -0.2) is 0 Å². The van der Waals surface area contributed by atoms with Crippen LogP contribution in [0.5, 0.6) is 17.2 Å². The summed E-state index contributed by atoms with van der Waals surface area (Å²) in [7, 11) is 3.20. The zero-order valence-electron chi connectivity index (χ0n) is 16.1. The van der Waals surface area contributed by atoms with Gasteiger partial charge >= 0.3 is 0 Å². The molecule has 1 N–H and O–H groups in total. The van der Waals surface area contributed by atoms with E-state index in [9.17, 15) is 4.79 Å². The van der Waals surface area contributed by atoms with E-state index in [0.29, 0.717) is 23.7 Å². The molecular weight excluding hydrogens is 330 g/mol. The molecule has 0 bridgehead atoms. The third kappa shape index (κ3) is 4.48. The van der Waals surface area contributed by atoms with Crippen LogP contribution in [0, 0.1) is 6.92 Å². The maximum atomic E-state index is 12.7. The lowest BCUT2D eigenvalue weighted by atomic mass is 10.0. The quantitative estimate of drug-likeness (QED) is 0.766. The highest BCUT2D eigenvalue weighted by Crippen LogP contribution is 2.31. The van der Waals surface area contributed by atoms with Crippen molar-refractivity contribution in [3.63, 3.8) is 0 Å². The minimum Gasteiger partial charge on any atom is -0.494 e. The highest BCUT2D eigenvalue weighted by molar-refractivity contribution is 5.94. The van der Waals surface area contributed by atoms with Gasteiger partial charge in [-0.15, -0.1) is 0 Å². The topological polar surface area (TPSA) is 56.8 Å². The number of amides is 1. The van der Waals surface area contributed by atoms with Crippen molar-refractivity contribution < 1.29 is 19.0 Å². The van der Waals surface area contributed by atoms with Gasteiger partial charge in [0.25, 0.3) is 5.91 Å². The summed E-state index contributed by atoms with van der Waals surface area (Å²) in [5.74, 6) is 2.00. The number of ether oxygens (including phenoxy) is 3. The second kappa shape index (κ2) is 9.13. The molecule has 0 heterocycles. The van der Waals surface area contributed by atoms with Gasteiger partial charge < -0.3 is 19.5 Å². The molecule has 5 heteroatoms. The van der Waals surface area contributed by atoms with Crippen LogP contribution in [0.2, 0.25) is 0 Å². The molecule has 2 rings (SSSR count). The number of rotatable bonds is 8. The molecule has 2 aromatic rings. The van der Waals surface area contributed by atoms with Crippen molar-refractivity contribution in [2.45, 2.75) is 33.2 Å². The molecule has 0 saturated carbocycles. The van der Waals surface area contributed by atoms with Crippen LogP contribution in [0.25, 0.3) is 0 Å². The fourth-order valence-corrected chi connectivity index (χ4v) is 2.84. The summed E-state index contributed by atoms with van der Waals surface area (Å²) in [5.41, 5.74) is 2.53. The standard InChI is InChI=1S/C21H27NO4/c1-6-17(15-8-11-19(24-4)20(13-15)25-5)22-21(23)16-9-10-18(26-7-2)14(3)12-16/h8-13,17H,6-7H2,1-5H3,(H,22,23)/t17-/m1/s1. The molecule has 1 amide bonds. The van der Waals surface area contributed by atoms with E-state index in [4.69, 9.17) is 14.2 Å². The number of carbonyl (C=O) groups is 1. The maximum Gasteiger partial charge on any atom is 0.251 e. The first-order valence-electron chi connectivity index (χ1n) is 8.80. The summed E-state index contributed by atoms with van der Waals surface area (Å²) >= 11 is 0. The number of benzene rings is 2. The van der Waals surface area contributed by atoms with Crippen LogP contribution >= 0.6 is 0 Å². The molecule has 0 saturated heterocycles. The van der Waals surface area contributed by atoms with Gasteiger partial charge in [0.1, 0.15) is 5.75 Å². The highest BCUT2D eigenvalue weighted by Gasteiger charge is 2.17. The van der Waals surface area contributed by atoms with Crippen molar-refractivity contribution in [3.05, 3.63) is 53.1 Å². The Morgan fingerprint density at radius 2 is 1.69 bits per heavy atom. The summed E-state index contributed by atoms with van der Waals surface area (Å²) in [6, 6.07) is 11.1. The lowest BCUT2D eigenvalue weighted by Crippen LogP contribution is -2.28. The Hall–Kier alpha value is -2.69. The molecule has 0 aliphatic heterocycles. The Bertz CT molecular complexity index is 758. The molecule has 0 aliphatic rings. The Morgan fingerprint density at radius 1 is 1.00 bits per heavy atom. The van der Waals surface area contributed by atoms with Gasteiger partial charge in [0.15, 0.2) is 11.5 Å². The summed E-state index contributed by atoms with van der Waals surface area (Å²) in [4.78, 5) is 12.7. The third-order valence-corrected chi connectivity index (χ3v) is 4.26. The van der Waals surface area contributed by atoms with E-state index < -0.39 is 0 Å². The lowest BCUT2D eigenvalue weighted by Gasteiger charge is -2.19. The summed E-state index contributed by atoms with van der Waals surface area (Å²) in [6.45, 7) is 6.51. The first kappa shape index (κ1) is 19.6. The maximum absolute atomic E-state index is 12.7. The van der Waals surface area contributed by atoms with Gasteiger partial charge in [-0.05, 0) is 61.7 Å². The van der Waals surface area contributed by atoms with E-state index in [2.05, 4.69) is 5.32 Å². The molecule has 0 unspecified atom stereocenters. The minimum atomic E-state index is -0.116. The normalized spacial score (nSPS) is 11.6. The van der Waals surface area contributed by atoms with Gasteiger partial charge in [0, 0.05) is 5.56 Å². The zero-order valence-corrected chi connectivity index (χ0v) is 16.1. The molecule has 0 fully saturated rings. The van der Waals surface area contributed by atoms with E-state index in [0.717, 1.165) is 23.3 Å². The number of nitrogens with one attached hydrogen (secondary N) is 1. The average Bonchev–Trinajstić information content (AvgIpc) is 2.67. The summed E-state index contributed by atoms with van der Waals surface area (Å²) in [6.07, 6.45) is 0.761. The molecule has 140 valence electrons. The van der Waals surface area contributed by atoms with Crippen molar-refractivity contribution in [1.29, 1.82) is 0 Å². The molecule has 2 aromatic carbocycles. The predicted molar refractivity (Wildman–Crippen MR) is 102 cm³/mol. The molecule has 0 radical (unpaired) electrons. The molecular formula is C21H27NO4. The van der Waals surface area contributed by atoms with E-state index in [1.807, 2.05) is 51.1 Å². The Labute approximate surface area is 155 Å². The SMILES string of the molecule is CCOc1ccc(C(=O)N[C@H](CC)c2ccc(OC)c(OC)c2)cc1C. The third-order valence-electron chi connectivity index (χ3n) is 4.26. The number of hydrogen-bond donors (Lipinski definition) is 1. The van der Waals surface area contributed by atoms with Crippen LogP contribution in [-0.2, 0) is 0 Å². The van der Waals surface area contributed by atoms with Crippen molar-refractivity contribution in [1.82, 2.24) is 5.32 Å². The zero-order chi connectivity index (χ0) is 19.1. The fourth-order valence-electron chi connectivity index (χ4n) is 2.84. The molecule has 1 atom stereocenters. The molecule has 5 nitrogen and oxygen atoms in total. The van der Waals surface area contributed by atoms with Crippen LogP contribution in [0.1, 0.15) is 47.8 Å². The van der Waals surface area contributed by atoms with Crippen LogP contribution in [0.4, 0.5) is 0 Å². The van der Waals surface area contributed by atoms with Crippen LogP contribution in [-0.4, -0.2) is 26.7 Å². The van der Waals surface area contributed by atoms with Gasteiger partial charge in [0.2, 0.25) is 0 Å². The fraction of sp³-hybridized carbons (Fsp3) is 0.381. The van der Waals surface area contributed by atoms with E-state index in [-0.39, 0.29) is 11.9 Å². The van der Waals surface area contributed by atoms with Crippen molar-refractivity contribution in [2.75, 3.05) is 20.8 Å². The van der Waals surface area contributed by atoms with Crippen molar-refractivity contribution in [2.24, 2.45) is 0 Å². The smallest absolute Gasteiger partial charge is 0.251 e. The highest BCUT2D eigenvalue weighted by atomic mass is 16.5. The predicted octanol–water partition coefficient (Wildman–Crippen LogP) is 4.29. The number of hydrogen-bond acceptors (Lipinski definition) is 4. The number of aryl methyl sites for hydroxylation is 1. The van der Waals surface area contributed by atoms with Crippen molar-refractivity contribution in [3.8, 4) is 17.2 Å². The van der Waals surface area contributed by atoms with E-state index >= 15 is 0 Å². The summed E-state index contributed by atoms with van der Waals surface area (Å²) in [5, 5.41) is 3.09. The van der Waals surface area contributed by atoms with Crippen LogP contribution in [0.3, 0.4) is 0 Å². The average molecular weight is 357 g/mol. The minimum absolute atomic E-state index is 0.113. The molecule has 0 spiro atoms. The Balaban J connectivity index is 2.19. The molecule has 26 heavy (non-hydrogen) atoms. The Morgan fingerprint density at radius 3 is 2.27 bits per heavy atom. The Kier molecular flexibility index (Phi) is 6.89. The van der Waals surface area contributed by atoms with Gasteiger partial charge in [-0.2, -0.15) is 0 Å². The van der Waals surface area contributed by atoms with Crippen LogP contribution < -0.4 is 19.5 Å².